The Kier molecular flexibility index (Phi) is 6.19. The van der Waals surface area contributed by atoms with Crippen LogP contribution in [0.1, 0.15) is 22.6 Å². The van der Waals surface area contributed by atoms with Gasteiger partial charge in [-0.3, -0.25) is 14.9 Å². The zero-order valence-electron chi connectivity index (χ0n) is 15.7. The highest BCUT2D eigenvalue weighted by atomic mass is 19.1. The van der Waals surface area contributed by atoms with Crippen molar-refractivity contribution in [3.05, 3.63) is 105 Å². The summed E-state index contributed by atoms with van der Waals surface area (Å²) in [6, 6.07) is 15.5. The SMILES string of the molecule is Cc1ccc(CN(Cc2ccc(F)cc2)C(=O)C=Cc2ccc([N+](=O)[O-])cc2)o1. The maximum Gasteiger partial charge on any atom is 0.269 e. The summed E-state index contributed by atoms with van der Waals surface area (Å²) in [5.41, 5.74) is 1.44. The molecular formula is C22H19FN2O4. The van der Waals surface area contributed by atoms with E-state index in [9.17, 15) is 19.3 Å². The Morgan fingerprint density at radius 1 is 1.07 bits per heavy atom. The molecule has 0 aliphatic heterocycles. The zero-order chi connectivity index (χ0) is 20.8. The van der Waals surface area contributed by atoms with Crippen molar-refractivity contribution >= 4 is 17.7 Å². The molecule has 1 aromatic heterocycles. The molecule has 3 rings (SSSR count). The average Bonchev–Trinajstić information content (AvgIpc) is 3.12. The summed E-state index contributed by atoms with van der Waals surface area (Å²) in [5, 5.41) is 10.7. The van der Waals surface area contributed by atoms with E-state index in [4.69, 9.17) is 4.42 Å². The van der Waals surface area contributed by atoms with E-state index in [0.29, 0.717) is 11.3 Å². The number of carbonyl (C=O) groups is 1. The summed E-state index contributed by atoms with van der Waals surface area (Å²) in [6.07, 6.45) is 3.00. The second kappa shape index (κ2) is 8.97. The van der Waals surface area contributed by atoms with Crippen molar-refractivity contribution in [3.63, 3.8) is 0 Å². The molecule has 1 heterocycles. The Morgan fingerprint density at radius 3 is 2.34 bits per heavy atom. The fraction of sp³-hybridized carbons (Fsp3) is 0.136. The zero-order valence-corrected chi connectivity index (χ0v) is 15.7. The molecule has 0 radical (unpaired) electrons. The van der Waals surface area contributed by atoms with Gasteiger partial charge in [0.1, 0.15) is 17.3 Å². The molecule has 6 nitrogen and oxygen atoms in total. The Hall–Kier alpha value is -3.74. The smallest absolute Gasteiger partial charge is 0.269 e. The number of nitro groups is 1. The van der Waals surface area contributed by atoms with Crippen molar-refractivity contribution < 1.29 is 18.5 Å². The molecule has 29 heavy (non-hydrogen) atoms. The Morgan fingerprint density at radius 2 is 1.76 bits per heavy atom. The van der Waals surface area contributed by atoms with Crippen LogP contribution in [0.25, 0.3) is 6.08 Å². The lowest BCUT2D eigenvalue weighted by Crippen LogP contribution is -2.28. The van der Waals surface area contributed by atoms with Crippen molar-refractivity contribution in [1.82, 2.24) is 4.90 Å². The molecule has 0 spiro atoms. The van der Waals surface area contributed by atoms with E-state index in [1.54, 1.807) is 41.3 Å². The molecule has 0 atom stereocenters. The Balaban J connectivity index is 1.76. The number of hydrogen-bond acceptors (Lipinski definition) is 4. The highest BCUT2D eigenvalue weighted by molar-refractivity contribution is 5.91. The number of rotatable bonds is 7. The second-order valence-electron chi connectivity index (χ2n) is 6.52. The first-order valence-electron chi connectivity index (χ1n) is 8.92. The van der Waals surface area contributed by atoms with Crippen LogP contribution in [0.2, 0.25) is 0 Å². The van der Waals surface area contributed by atoms with Gasteiger partial charge in [0.15, 0.2) is 0 Å². The lowest BCUT2D eigenvalue weighted by atomic mass is 10.1. The molecular weight excluding hydrogens is 375 g/mol. The second-order valence-corrected chi connectivity index (χ2v) is 6.52. The number of hydrogen-bond donors (Lipinski definition) is 0. The summed E-state index contributed by atoms with van der Waals surface area (Å²) >= 11 is 0. The third kappa shape index (κ3) is 5.62. The number of carbonyl (C=O) groups excluding carboxylic acids is 1. The number of benzene rings is 2. The third-order valence-corrected chi connectivity index (χ3v) is 4.26. The Bertz CT molecular complexity index is 1020. The molecule has 0 N–H and O–H groups in total. The number of furan rings is 1. The first-order chi connectivity index (χ1) is 13.9. The Labute approximate surface area is 167 Å². The predicted octanol–water partition coefficient (Wildman–Crippen LogP) is 4.88. The number of halogens is 1. The van der Waals surface area contributed by atoms with Gasteiger partial charge in [-0.25, -0.2) is 4.39 Å². The van der Waals surface area contributed by atoms with Crippen LogP contribution in [-0.4, -0.2) is 15.7 Å². The van der Waals surface area contributed by atoms with Crippen LogP contribution in [0, 0.1) is 22.9 Å². The minimum Gasteiger partial charge on any atom is -0.464 e. The molecule has 148 valence electrons. The summed E-state index contributed by atoms with van der Waals surface area (Å²) in [5.74, 6) is 0.783. The molecule has 0 saturated carbocycles. The van der Waals surface area contributed by atoms with Crippen LogP contribution in [0.3, 0.4) is 0 Å². The van der Waals surface area contributed by atoms with E-state index in [0.717, 1.165) is 11.3 Å². The number of non-ortho nitro benzene ring substituents is 1. The lowest BCUT2D eigenvalue weighted by molar-refractivity contribution is -0.384. The van der Waals surface area contributed by atoms with Gasteiger partial charge >= 0.3 is 0 Å². The van der Waals surface area contributed by atoms with Crippen LogP contribution >= 0.6 is 0 Å². The monoisotopic (exact) mass is 394 g/mol. The number of aryl methyl sites for hydroxylation is 1. The van der Waals surface area contributed by atoms with Crippen LogP contribution < -0.4 is 0 Å². The highest BCUT2D eigenvalue weighted by Crippen LogP contribution is 2.16. The van der Waals surface area contributed by atoms with Crippen LogP contribution in [0.4, 0.5) is 10.1 Å². The van der Waals surface area contributed by atoms with E-state index in [1.807, 2.05) is 13.0 Å². The molecule has 1 amide bonds. The largest absolute Gasteiger partial charge is 0.464 e. The normalized spacial score (nSPS) is 11.0. The molecule has 0 aliphatic carbocycles. The van der Waals surface area contributed by atoms with Crippen LogP contribution in [-0.2, 0) is 17.9 Å². The first-order valence-corrected chi connectivity index (χ1v) is 8.92. The van der Waals surface area contributed by atoms with E-state index in [1.165, 1.54) is 30.3 Å². The van der Waals surface area contributed by atoms with Gasteiger partial charge < -0.3 is 9.32 Å². The van der Waals surface area contributed by atoms with Gasteiger partial charge in [0, 0.05) is 24.8 Å². The molecule has 3 aromatic rings. The fourth-order valence-electron chi connectivity index (χ4n) is 2.76. The minimum absolute atomic E-state index is 0.0143. The topological polar surface area (TPSA) is 76.6 Å². The van der Waals surface area contributed by atoms with E-state index in [2.05, 4.69) is 0 Å². The van der Waals surface area contributed by atoms with Gasteiger partial charge in [0.2, 0.25) is 5.91 Å². The molecule has 0 aliphatic rings. The molecule has 2 aromatic carbocycles. The van der Waals surface area contributed by atoms with E-state index in [-0.39, 0.29) is 30.5 Å². The van der Waals surface area contributed by atoms with E-state index < -0.39 is 4.92 Å². The number of amides is 1. The third-order valence-electron chi connectivity index (χ3n) is 4.26. The van der Waals surface area contributed by atoms with Crippen LogP contribution in [0.15, 0.2) is 71.2 Å². The van der Waals surface area contributed by atoms with Crippen molar-refractivity contribution in [2.45, 2.75) is 20.0 Å². The van der Waals surface area contributed by atoms with E-state index >= 15 is 0 Å². The lowest BCUT2D eigenvalue weighted by Gasteiger charge is -2.20. The maximum absolute atomic E-state index is 13.2. The fourth-order valence-corrected chi connectivity index (χ4v) is 2.76. The molecule has 0 bridgehead atoms. The predicted molar refractivity (Wildman–Crippen MR) is 106 cm³/mol. The van der Waals surface area contributed by atoms with Gasteiger partial charge in [0.05, 0.1) is 11.5 Å². The summed E-state index contributed by atoms with van der Waals surface area (Å²) in [6.45, 7) is 2.36. The number of nitro benzene ring substituents is 1. The summed E-state index contributed by atoms with van der Waals surface area (Å²) in [4.78, 5) is 24.6. The van der Waals surface area contributed by atoms with Gasteiger partial charge in [-0.1, -0.05) is 12.1 Å². The average molecular weight is 394 g/mol. The summed E-state index contributed by atoms with van der Waals surface area (Å²) < 4.78 is 18.7. The van der Waals surface area contributed by atoms with Crippen LogP contribution in [0.5, 0.6) is 0 Å². The van der Waals surface area contributed by atoms with Crippen molar-refractivity contribution in [3.8, 4) is 0 Å². The van der Waals surface area contributed by atoms with Gasteiger partial charge in [0.25, 0.3) is 5.69 Å². The van der Waals surface area contributed by atoms with Crippen molar-refractivity contribution in [2.75, 3.05) is 0 Å². The molecule has 0 fully saturated rings. The molecule has 7 heteroatoms. The highest BCUT2D eigenvalue weighted by Gasteiger charge is 2.14. The van der Waals surface area contributed by atoms with Gasteiger partial charge in [-0.15, -0.1) is 0 Å². The van der Waals surface area contributed by atoms with Crippen molar-refractivity contribution in [2.24, 2.45) is 0 Å². The maximum atomic E-state index is 13.2. The quantitative estimate of drug-likeness (QED) is 0.325. The minimum atomic E-state index is -0.478. The standard InChI is InChI=1S/C22H19FN2O4/c1-16-2-12-21(29-16)15-24(14-18-3-8-19(23)9-4-18)22(26)13-7-17-5-10-20(11-6-17)25(27)28/h2-13H,14-15H2,1H3. The van der Waals surface area contributed by atoms with Gasteiger partial charge in [-0.05, 0) is 60.5 Å². The van der Waals surface area contributed by atoms with Crippen molar-refractivity contribution in [1.29, 1.82) is 0 Å². The molecule has 0 saturated heterocycles. The number of nitrogens with zero attached hydrogens (tertiary/aromatic N) is 2. The first kappa shape index (κ1) is 20.0. The van der Waals surface area contributed by atoms with Gasteiger partial charge in [-0.2, -0.15) is 0 Å². The molecule has 0 unspecified atom stereocenters. The summed E-state index contributed by atoms with van der Waals surface area (Å²) in [7, 11) is 0.